The van der Waals surface area contributed by atoms with E-state index in [1.165, 1.54) is 29.3 Å². The first-order valence-electron chi connectivity index (χ1n) is 6.16. The quantitative estimate of drug-likeness (QED) is 0.876. The highest BCUT2D eigenvalue weighted by Crippen LogP contribution is 2.25. The lowest BCUT2D eigenvalue weighted by Gasteiger charge is -2.36. The topological polar surface area (TPSA) is 29.3 Å². The molecule has 3 heteroatoms. The summed E-state index contributed by atoms with van der Waals surface area (Å²) in [6.07, 6.45) is 1.30. The predicted octanol–water partition coefficient (Wildman–Crippen LogP) is 2.47. The van der Waals surface area contributed by atoms with E-state index in [0.717, 1.165) is 19.0 Å². The lowest BCUT2D eigenvalue weighted by atomic mass is 9.87. The largest absolute Gasteiger partial charge is 0.330 e. The molecule has 0 bridgehead atoms. The third kappa shape index (κ3) is 2.84. The number of thiophene rings is 1. The summed E-state index contributed by atoms with van der Waals surface area (Å²) in [4.78, 5) is 5.46. The van der Waals surface area contributed by atoms with E-state index in [0.29, 0.717) is 5.92 Å². The normalized spacial score (nSPS) is 27.2. The highest BCUT2D eigenvalue weighted by molar-refractivity contribution is 7.11. The first-order valence-corrected chi connectivity index (χ1v) is 6.98. The number of likely N-dealkylation sites (tertiary alicyclic amines) is 1. The average molecular weight is 238 g/mol. The molecule has 2 rings (SSSR count). The summed E-state index contributed by atoms with van der Waals surface area (Å²) in [5, 5.41) is 0. The van der Waals surface area contributed by atoms with E-state index in [1.54, 1.807) is 0 Å². The minimum Gasteiger partial charge on any atom is -0.330 e. The fourth-order valence-corrected chi connectivity index (χ4v) is 3.40. The molecule has 0 aromatic carbocycles. The molecule has 1 aliphatic rings. The second-order valence-electron chi connectivity index (χ2n) is 5.01. The van der Waals surface area contributed by atoms with Crippen molar-refractivity contribution in [1.29, 1.82) is 0 Å². The monoisotopic (exact) mass is 238 g/mol. The van der Waals surface area contributed by atoms with E-state index in [4.69, 9.17) is 5.73 Å². The Morgan fingerprint density at radius 1 is 1.50 bits per heavy atom. The lowest BCUT2D eigenvalue weighted by Crippen LogP contribution is -2.42. The van der Waals surface area contributed by atoms with Gasteiger partial charge in [0.2, 0.25) is 0 Å². The maximum Gasteiger partial charge on any atom is 0.0328 e. The van der Waals surface area contributed by atoms with E-state index in [9.17, 15) is 0 Å². The van der Waals surface area contributed by atoms with Gasteiger partial charge in [-0.2, -0.15) is 0 Å². The molecule has 16 heavy (non-hydrogen) atoms. The Bertz CT molecular complexity index is 334. The number of hydrogen-bond donors (Lipinski definition) is 1. The molecular formula is C13H22N2S. The zero-order valence-electron chi connectivity index (χ0n) is 10.3. The van der Waals surface area contributed by atoms with Crippen LogP contribution in [0.15, 0.2) is 12.1 Å². The van der Waals surface area contributed by atoms with Crippen molar-refractivity contribution in [2.24, 2.45) is 17.6 Å². The van der Waals surface area contributed by atoms with Crippen molar-refractivity contribution >= 4 is 11.3 Å². The number of nitrogens with zero attached hydrogens (tertiary/aromatic N) is 1. The van der Waals surface area contributed by atoms with Crippen molar-refractivity contribution in [3.05, 3.63) is 21.9 Å². The van der Waals surface area contributed by atoms with Crippen LogP contribution in [0.25, 0.3) is 0 Å². The number of piperidine rings is 1. The van der Waals surface area contributed by atoms with E-state index in [1.807, 2.05) is 11.3 Å². The molecule has 2 atom stereocenters. The van der Waals surface area contributed by atoms with E-state index in [2.05, 4.69) is 30.9 Å². The lowest BCUT2D eigenvalue weighted by molar-refractivity contribution is 0.127. The van der Waals surface area contributed by atoms with Gasteiger partial charge in [-0.1, -0.05) is 6.92 Å². The molecule has 2 N–H and O–H groups in total. The fourth-order valence-electron chi connectivity index (χ4n) is 2.47. The van der Waals surface area contributed by atoms with Gasteiger partial charge < -0.3 is 5.73 Å². The highest BCUT2D eigenvalue weighted by atomic mass is 32.1. The van der Waals surface area contributed by atoms with Crippen molar-refractivity contribution in [1.82, 2.24) is 4.90 Å². The smallest absolute Gasteiger partial charge is 0.0328 e. The summed E-state index contributed by atoms with van der Waals surface area (Å²) in [5.74, 6) is 1.49. The van der Waals surface area contributed by atoms with Crippen LogP contribution in [0.3, 0.4) is 0 Å². The van der Waals surface area contributed by atoms with Crippen LogP contribution in [0.2, 0.25) is 0 Å². The summed E-state index contributed by atoms with van der Waals surface area (Å²) in [6, 6.07) is 4.47. The molecule has 2 nitrogen and oxygen atoms in total. The standard InChI is InChI=1S/C13H22N2S/c1-10-5-6-15(8-12(10)7-14)9-13-4-3-11(2)16-13/h3-4,10,12H,5-9,14H2,1-2H3. The molecule has 2 unspecified atom stereocenters. The molecule has 2 heterocycles. The summed E-state index contributed by atoms with van der Waals surface area (Å²) < 4.78 is 0. The minimum atomic E-state index is 0.690. The van der Waals surface area contributed by atoms with Crippen LogP contribution in [0.5, 0.6) is 0 Å². The van der Waals surface area contributed by atoms with Gasteiger partial charge >= 0.3 is 0 Å². The maximum absolute atomic E-state index is 5.83. The zero-order valence-corrected chi connectivity index (χ0v) is 11.1. The van der Waals surface area contributed by atoms with Crippen LogP contribution in [-0.4, -0.2) is 24.5 Å². The number of nitrogens with two attached hydrogens (primary N) is 1. The van der Waals surface area contributed by atoms with Crippen LogP contribution in [0.4, 0.5) is 0 Å². The van der Waals surface area contributed by atoms with Gasteiger partial charge in [0.1, 0.15) is 0 Å². The highest BCUT2D eigenvalue weighted by Gasteiger charge is 2.24. The van der Waals surface area contributed by atoms with Gasteiger partial charge in [0.25, 0.3) is 0 Å². The zero-order chi connectivity index (χ0) is 11.5. The van der Waals surface area contributed by atoms with Crippen molar-refractivity contribution in [2.75, 3.05) is 19.6 Å². The summed E-state index contributed by atoms with van der Waals surface area (Å²) in [5.41, 5.74) is 5.83. The molecule has 1 saturated heterocycles. The van der Waals surface area contributed by atoms with Gasteiger partial charge in [-0.15, -0.1) is 11.3 Å². The molecule has 1 fully saturated rings. The van der Waals surface area contributed by atoms with Crippen LogP contribution in [0.1, 0.15) is 23.1 Å². The molecule has 0 amide bonds. The summed E-state index contributed by atoms with van der Waals surface area (Å²) in [6.45, 7) is 8.87. The predicted molar refractivity (Wildman–Crippen MR) is 70.7 cm³/mol. The van der Waals surface area contributed by atoms with Gasteiger partial charge in [-0.05, 0) is 50.4 Å². The van der Waals surface area contributed by atoms with Crippen LogP contribution < -0.4 is 5.73 Å². The molecule has 0 aliphatic carbocycles. The first-order chi connectivity index (χ1) is 7.69. The van der Waals surface area contributed by atoms with Gasteiger partial charge in [0, 0.05) is 22.8 Å². The average Bonchev–Trinajstić information content (AvgIpc) is 2.67. The third-order valence-electron chi connectivity index (χ3n) is 3.68. The molecule has 90 valence electrons. The molecule has 1 aliphatic heterocycles. The molecule has 0 radical (unpaired) electrons. The number of hydrogen-bond acceptors (Lipinski definition) is 3. The fraction of sp³-hybridized carbons (Fsp3) is 0.692. The van der Waals surface area contributed by atoms with Gasteiger partial charge in [0.15, 0.2) is 0 Å². The van der Waals surface area contributed by atoms with E-state index < -0.39 is 0 Å². The molecular weight excluding hydrogens is 216 g/mol. The van der Waals surface area contributed by atoms with Crippen molar-refractivity contribution in [3.63, 3.8) is 0 Å². The first kappa shape index (κ1) is 12.1. The Labute approximate surface area is 102 Å². The minimum absolute atomic E-state index is 0.690. The van der Waals surface area contributed by atoms with Crippen molar-refractivity contribution in [3.8, 4) is 0 Å². The third-order valence-corrected chi connectivity index (χ3v) is 4.66. The number of rotatable bonds is 3. The number of aryl methyl sites for hydroxylation is 1. The Hall–Kier alpha value is -0.380. The van der Waals surface area contributed by atoms with E-state index in [-0.39, 0.29) is 0 Å². The summed E-state index contributed by atoms with van der Waals surface area (Å²) in [7, 11) is 0. The van der Waals surface area contributed by atoms with Crippen LogP contribution in [-0.2, 0) is 6.54 Å². The Morgan fingerprint density at radius 2 is 2.31 bits per heavy atom. The second kappa shape index (κ2) is 5.30. The van der Waals surface area contributed by atoms with Crippen LogP contribution >= 0.6 is 11.3 Å². The SMILES string of the molecule is Cc1ccc(CN2CCC(C)C(CN)C2)s1. The molecule has 1 aromatic rings. The maximum atomic E-state index is 5.83. The Kier molecular flexibility index (Phi) is 4.00. The van der Waals surface area contributed by atoms with Gasteiger partial charge in [0.05, 0.1) is 0 Å². The Morgan fingerprint density at radius 3 is 2.94 bits per heavy atom. The second-order valence-corrected chi connectivity index (χ2v) is 6.38. The van der Waals surface area contributed by atoms with Gasteiger partial charge in [-0.25, -0.2) is 0 Å². The van der Waals surface area contributed by atoms with Crippen molar-refractivity contribution in [2.45, 2.75) is 26.8 Å². The summed E-state index contributed by atoms with van der Waals surface area (Å²) >= 11 is 1.92. The van der Waals surface area contributed by atoms with E-state index >= 15 is 0 Å². The molecule has 1 aromatic heterocycles. The van der Waals surface area contributed by atoms with Gasteiger partial charge in [-0.3, -0.25) is 4.90 Å². The van der Waals surface area contributed by atoms with Crippen molar-refractivity contribution < 1.29 is 0 Å². The molecule has 0 saturated carbocycles. The Balaban J connectivity index is 1.91. The van der Waals surface area contributed by atoms with Crippen LogP contribution in [0, 0.1) is 18.8 Å². The molecule has 0 spiro atoms.